The maximum atomic E-state index is 5.24. The topological polar surface area (TPSA) is 70.5 Å². The van der Waals surface area contributed by atoms with Gasteiger partial charge in [-0.25, -0.2) is 5.90 Å². The predicted octanol–water partition coefficient (Wildman–Crippen LogP) is -0.368. The van der Waals surface area contributed by atoms with Crippen molar-refractivity contribution < 1.29 is 9.57 Å². The molecule has 62 valence electrons. The first-order valence-corrected chi connectivity index (χ1v) is 3.51. The molecule has 0 radical (unpaired) electrons. The molecule has 0 aliphatic carbocycles. The minimum Gasteiger partial charge on any atom is -0.381 e. The van der Waals surface area contributed by atoms with E-state index in [-0.39, 0.29) is 0 Å². The van der Waals surface area contributed by atoms with E-state index in [9.17, 15) is 0 Å². The van der Waals surface area contributed by atoms with Gasteiger partial charge >= 0.3 is 0 Å². The first kappa shape index (κ1) is 9.84. The third-order valence-electron chi connectivity index (χ3n) is 1.04. The molecule has 0 saturated carbocycles. The van der Waals surface area contributed by atoms with Crippen molar-refractivity contribution in [1.82, 2.24) is 0 Å². The highest BCUT2D eigenvalue weighted by molar-refractivity contribution is 4.36. The lowest BCUT2D eigenvalue weighted by molar-refractivity contribution is 0.0830. The first-order chi connectivity index (χ1) is 4.91. The van der Waals surface area contributed by atoms with Gasteiger partial charge in [-0.05, 0) is 19.4 Å². The van der Waals surface area contributed by atoms with E-state index in [0.29, 0.717) is 19.8 Å². The molecule has 0 saturated heterocycles. The van der Waals surface area contributed by atoms with Gasteiger partial charge in [0.1, 0.15) is 0 Å². The Morgan fingerprint density at radius 1 is 1.00 bits per heavy atom. The first-order valence-electron chi connectivity index (χ1n) is 3.51. The summed E-state index contributed by atoms with van der Waals surface area (Å²) < 4.78 is 5.16. The van der Waals surface area contributed by atoms with E-state index in [0.717, 1.165) is 19.4 Å². The molecule has 0 bridgehead atoms. The van der Waals surface area contributed by atoms with Gasteiger partial charge in [-0.15, -0.1) is 0 Å². The molecule has 4 N–H and O–H groups in total. The smallest absolute Gasteiger partial charge is 0.0701 e. The van der Waals surface area contributed by atoms with Gasteiger partial charge in [0.15, 0.2) is 0 Å². The summed E-state index contributed by atoms with van der Waals surface area (Å²) in [6.07, 6.45) is 1.77. The zero-order valence-electron chi connectivity index (χ0n) is 6.21. The van der Waals surface area contributed by atoms with Gasteiger partial charge in [0.05, 0.1) is 6.61 Å². The Morgan fingerprint density at radius 2 is 1.70 bits per heavy atom. The van der Waals surface area contributed by atoms with E-state index in [2.05, 4.69) is 4.84 Å². The van der Waals surface area contributed by atoms with Crippen molar-refractivity contribution in [3.05, 3.63) is 0 Å². The second-order valence-corrected chi connectivity index (χ2v) is 1.98. The van der Waals surface area contributed by atoms with Crippen molar-refractivity contribution >= 4 is 0 Å². The maximum Gasteiger partial charge on any atom is 0.0701 e. The van der Waals surface area contributed by atoms with Crippen LogP contribution in [0.5, 0.6) is 0 Å². The largest absolute Gasteiger partial charge is 0.381 e. The molecule has 0 rings (SSSR count). The Balaban J connectivity index is 2.65. The zero-order chi connectivity index (χ0) is 7.66. The van der Waals surface area contributed by atoms with Crippen LogP contribution in [0.4, 0.5) is 0 Å². The monoisotopic (exact) mass is 148 g/mol. The second kappa shape index (κ2) is 8.84. The predicted molar refractivity (Wildman–Crippen MR) is 39.2 cm³/mol. The number of ether oxygens (including phenoxy) is 1. The van der Waals surface area contributed by atoms with Crippen molar-refractivity contribution in [2.75, 3.05) is 26.4 Å². The molecule has 4 heteroatoms. The quantitative estimate of drug-likeness (QED) is 0.382. The van der Waals surface area contributed by atoms with Gasteiger partial charge in [0.25, 0.3) is 0 Å². The second-order valence-electron chi connectivity index (χ2n) is 1.98. The summed E-state index contributed by atoms with van der Waals surface area (Å²) in [5.74, 6) is 4.79. The number of rotatable bonds is 7. The number of nitrogens with two attached hydrogens (primary N) is 2. The molecule has 10 heavy (non-hydrogen) atoms. The van der Waals surface area contributed by atoms with Gasteiger partial charge in [0, 0.05) is 13.2 Å². The van der Waals surface area contributed by atoms with Crippen LogP contribution in [0.3, 0.4) is 0 Å². The van der Waals surface area contributed by atoms with Gasteiger partial charge in [-0.3, -0.25) is 0 Å². The molecule has 0 unspecified atom stereocenters. The number of hydrogen-bond acceptors (Lipinski definition) is 4. The van der Waals surface area contributed by atoms with E-state index in [4.69, 9.17) is 16.4 Å². The Labute approximate surface area is 61.4 Å². The molecular formula is C6H16N2O2. The molecule has 0 aliphatic rings. The third-order valence-corrected chi connectivity index (χ3v) is 1.04. The number of hydrogen-bond donors (Lipinski definition) is 2. The standard InChI is InChI=1S/C6H16N2O2/c7-3-1-4-9-5-2-6-10-8/h1-8H2. The Hall–Kier alpha value is -0.160. The summed E-state index contributed by atoms with van der Waals surface area (Å²) in [7, 11) is 0. The lowest BCUT2D eigenvalue weighted by Crippen LogP contribution is -2.07. The summed E-state index contributed by atoms with van der Waals surface area (Å²) >= 11 is 0. The lowest BCUT2D eigenvalue weighted by Gasteiger charge is -2.00. The van der Waals surface area contributed by atoms with Crippen molar-refractivity contribution in [3.63, 3.8) is 0 Å². The van der Waals surface area contributed by atoms with E-state index < -0.39 is 0 Å². The molecule has 0 spiro atoms. The average Bonchev–Trinajstić information content (AvgIpc) is 1.97. The summed E-state index contributed by atoms with van der Waals surface area (Å²) in [6, 6.07) is 0. The van der Waals surface area contributed by atoms with Crippen LogP contribution >= 0.6 is 0 Å². The minimum atomic E-state index is 0.558. The SMILES string of the molecule is NCCCOCCCON. The van der Waals surface area contributed by atoms with Crippen LogP contribution < -0.4 is 11.6 Å². The average molecular weight is 148 g/mol. The molecular weight excluding hydrogens is 132 g/mol. The normalized spacial score (nSPS) is 10.2. The zero-order valence-corrected chi connectivity index (χ0v) is 6.21. The van der Waals surface area contributed by atoms with Crippen molar-refractivity contribution in [3.8, 4) is 0 Å². The van der Waals surface area contributed by atoms with Crippen molar-refractivity contribution in [2.24, 2.45) is 11.6 Å². The molecule has 0 aromatic carbocycles. The van der Waals surface area contributed by atoms with E-state index in [1.807, 2.05) is 0 Å². The van der Waals surface area contributed by atoms with Crippen LogP contribution in [-0.2, 0) is 9.57 Å². The Morgan fingerprint density at radius 3 is 2.30 bits per heavy atom. The van der Waals surface area contributed by atoms with Crippen LogP contribution in [-0.4, -0.2) is 26.4 Å². The van der Waals surface area contributed by atoms with E-state index >= 15 is 0 Å². The van der Waals surface area contributed by atoms with Crippen molar-refractivity contribution in [2.45, 2.75) is 12.8 Å². The fourth-order valence-corrected chi connectivity index (χ4v) is 0.532. The van der Waals surface area contributed by atoms with E-state index in [1.165, 1.54) is 0 Å². The third kappa shape index (κ3) is 7.84. The van der Waals surface area contributed by atoms with Crippen LogP contribution in [0.15, 0.2) is 0 Å². The maximum absolute atomic E-state index is 5.24. The molecule has 0 atom stereocenters. The summed E-state index contributed by atoms with van der Waals surface area (Å²) in [5, 5.41) is 0. The minimum absolute atomic E-state index is 0.558. The van der Waals surface area contributed by atoms with Gasteiger partial charge < -0.3 is 15.3 Å². The van der Waals surface area contributed by atoms with Gasteiger partial charge in [-0.1, -0.05) is 0 Å². The fourth-order valence-electron chi connectivity index (χ4n) is 0.532. The van der Waals surface area contributed by atoms with Crippen LogP contribution in [0.25, 0.3) is 0 Å². The van der Waals surface area contributed by atoms with Crippen LogP contribution in [0.2, 0.25) is 0 Å². The van der Waals surface area contributed by atoms with Gasteiger partial charge in [0.2, 0.25) is 0 Å². The molecule has 4 nitrogen and oxygen atoms in total. The highest BCUT2D eigenvalue weighted by atomic mass is 16.6. The van der Waals surface area contributed by atoms with Gasteiger partial charge in [-0.2, -0.15) is 0 Å². The fraction of sp³-hybridized carbons (Fsp3) is 1.00. The molecule has 0 heterocycles. The highest BCUT2D eigenvalue weighted by Gasteiger charge is 1.87. The Bertz CT molecular complexity index is 53.7. The lowest BCUT2D eigenvalue weighted by atomic mass is 10.4. The van der Waals surface area contributed by atoms with Crippen molar-refractivity contribution in [1.29, 1.82) is 0 Å². The molecule has 0 fully saturated rings. The molecule has 0 amide bonds. The molecule has 0 aromatic rings. The Kier molecular flexibility index (Phi) is 8.70. The van der Waals surface area contributed by atoms with Crippen LogP contribution in [0, 0.1) is 0 Å². The molecule has 0 aliphatic heterocycles. The summed E-state index contributed by atoms with van der Waals surface area (Å²) in [6.45, 7) is 2.69. The van der Waals surface area contributed by atoms with E-state index in [1.54, 1.807) is 0 Å². The highest BCUT2D eigenvalue weighted by Crippen LogP contribution is 1.84. The summed E-state index contributed by atoms with van der Waals surface area (Å²) in [5.41, 5.74) is 5.24. The molecule has 0 aromatic heterocycles. The van der Waals surface area contributed by atoms with Crippen LogP contribution in [0.1, 0.15) is 12.8 Å². The summed E-state index contributed by atoms with van der Waals surface area (Å²) in [4.78, 5) is 4.34.